The van der Waals surface area contributed by atoms with Crippen LogP contribution in [0.1, 0.15) is 12.5 Å². The predicted molar refractivity (Wildman–Crippen MR) is 43.5 cm³/mol. The molecule has 11 heavy (non-hydrogen) atoms. The van der Waals surface area contributed by atoms with Gasteiger partial charge in [0.05, 0.1) is 7.11 Å². The Hall–Kier alpha value is -1.02. The van der Waals surface area contributed by atoms with E-state index in [1.54, 1.807) is 0 Å². The van der Waals surface area contributed by atoms with Crippen molar-refractivity contribution in [2.75, 3.05) is 7.11 Å². The molecule has 0 amide bonds. The summed E-state index contributed by atoms with van der Waals surface area (Å²) in [5.41, 5.74) is 1.30. The maximum atomic E-state index is 4.81. The van der Waals surface area contributed by atoms with Gasteiger partial charge in [0.25, 0.3) is 0 Å². The monoisotopic (exact) mass is 152 g/mol. The van der Waals surface area contributed by atoms with E-state index in [0.29, 0.717) is 0 Å². The quantitative estimate of drug-likeness (QED) is 0.488. The smallest absolute Gasteiger partial charge is 0.165 e. The van der Waals surface area contributed by atoms with Crippen molar-refractivity contribution in [1.82, 2.24) is 0 Å². The summed E-state index contributed by atoms with van der Waals surface area (Å²) in [5, 5.41) is 0. The molecule has 0 heterocycles. The first-order valence-corrected chi connectivity index (χ1v) is 3.66. The van der Waals surface area contributed by atoms with Gasteiger partial charge in [-0.1, -0.05) is 19.1 Å². The fourth-order valence-corrected chi connectivity index (χ4v) is 0.877. The van der Waals surface area contributed by atoms with E-state index in [0.717, 1.165) is 12.2 Å². The molecular weight excluding hydrogens is 140 g/mol. The van der Waals surface area contributed by atoms with Crippen LogP contribution in [0.15, 0.2) is 24.3 Å². The predicted octanol–water partition coefficient (Wildman–Crippen LogP) is 2.19. The molecule has 2 heteroatoms. The average molecular weight is 152 g/mol. The topological polar surface area (TPSA) is 18.5 Å². The maximum absolute atomic E-state index is 4.81. The lowest BCUT2D eigenvalue weighted by atomic mass is 10.2. The summed E-state index contributed by atoms with van der Waals surface area (Å²) in [4.78, 5) is 9.31. The van der Waals surface area contributed by atoms with Gasteiger partial charge >= 0.3 is 0 Å². The van der Waals surface area contributed by atoms with Crippen LogP contribution in [0.2, 0.25) is 0 Å². The summed E-state index contributed by atoms with van der Waals surface area (Å²) in [7, 11) is 1.49. The van der Waals surface area contributed by atoms with Gasteiger partial charge in [-0.05, 0) is 24.1 Å². The minimum absolute atomic E-state index is 0.740. The minimum Gasteiger partial charge on any atom is -0.338 e. The number of hydrogen-bond acceptors (Lipinski definition) is 2. The highest BCUT2D eigenvalue weighted by molar-refractivity contribution is 5.26. The Labute approximate surface area is 66.7 Å². The van der Waals surface area contributed by atoms with Gasteiger partial charge in [0, 0.05) is 0 Å². The van der Waals surface area contributed by atoms with Gasteiger partial charge in [-0.3, -0.25) is 0 Å². The van der Waals surface area contributed by atoms with Crippen LogP contribution >= 0.6 is 0 Å². The largest absolute Gasteiger partial charge is 0.338 e. The van der Waals surface area contributed by atoms with Crippen LogP contribution in [0.25, 0.3) is 0 Å². The Morgan fingerprint density at radius 1 is 1.18 bits per heavy atom. The van der Waals surface area contributed by atoms with Crippen molar-refractivity contribution >= 4 is 0 Å². The van der Waals surface area contributed by atoms with E-state index in [1.165, 1.54) is 12.7 Å². The second-order valence-corrected chi connectivity index (χ2v) is 2.25. The molecule has 0 bridgehead atoms. The van der Waals surface area contributed by atoms with E-state index in [1.807, 2.05) is 24.3 Å². The van der Waals surface area contributed by atoms with Crippen molar-refractivity contribution in [1.29, 1.82) is 0 Å². The van der Waals surface area contributed by atoms with Crippen LogP contribution < -0.4 is 4.89 Å². The lowest BCUT2D eigenvalue weighted by molar-refractivity contribution is -0.178. The molecule has 60 valence electrons. The summed E-state index contributed by atoms with van der Waals surface area (Å²) in [6.45, 7) is 2.12. The van der Waals surface area contributed by atoms with Crippen LogP contribution in [-0.2, 0) is 11.3 Å². The van der Waals surface area contributed by atoms with E-state index in [4.69, 9.17) is 4.89 Å². The summed E-state index contributed by atoms with van der Waals surface area (Å²) in [6.07, 6.45) is 1.05. The number of hydrogen-bond donors (Lipinski definition) is 0. The van der Waals surface area contributed by atoms with E-state index >= 15 is 0 Å². The first-order chi connectivity index (χ1) is 5.36. The second kappa shape index (κ2) is 3.98. The lowest BCUT2D eigenvalue weighted by Crippen LogP contribution is -1.90. The van der Waals surface area contributed by atoms with Crippen LogP contribution in [-0.4, -0.2) is 7.11 Å². The zero-order chi connectivity index (χ0) is 8.10. The van der Waals surface area contributed by atoms with Gasteiger partial charge in [-0.2, -0.15) is 4.89 Å². The van der Waals surface area contributed by atoms with Crippen molar-refractivity contribution in [3.05, 3.63) is 29.8 Å². The molecule has 0 fully saturated rings. The number of benzene rings is 1. The van der Waals surface area contributed by atoms with Crippen molar-refractivity contribution in [3.63, 3.8) is 0 Å². The Morgan fingerprint density at radius 2 is 1.82 bits per heavy atom. The first kappa shape index (κ1) is 8.08. The van der Waals surface area contributed by atoms with Crippen LogP contribution in [0.5, 0.6) is 5.75 Å². The summed E-state index contributed by atoms with van der Waals surface area (Å²) < 4.78 is 0. The molecule has 0 N–H and O–H groups in total. The number of aryl methyl sites for hydroxylation is 1. The zero-order valence-electron chi connectivity index (χ0n) is 6.83. The Bertz CT molecular complexity index is 203. The molecule has 0 saturated carbocycles. The van der Waals surface area contributed by atoms with Gasteiger partial charge in [0.15, 0.2) is 5.75 Å². The molecule has 0 spiro atoms. The lowest BCUT2D eigenvalue weighted by Gasteiger charge is -2.00. The highest BCUT2D eigenvalue weighted by atomic mass is 17.2. The first-order valence-electron chi connectivity index (χ1n) is 3.66. The minimum atomic E-state index is 0.740. The van der Waals surface area contributed by atoms with Crippen LogP contribution in [0.4, 0.5) is 0 Å². The van der Waals surface area contributed by atoms with Gasteiger partial charge in [-0.25, -0.2) is 0 Å². The van der Waals surface area contributed by atoms with Gasteiger partial charge < -0.3 is 4.89 Å². The van der Waals surface area contributed by atoms with E-state index < -0.39 is 0 Å². The SMILES string of the molecule is CCc1ccc(OOC)cc1. The molecule has 0 saturated heterocycles. The van der Waals surface area contributed by atoms with Crippen molar-refractivity contribution in [3.8, 4) is 5.75 Å². The van der Waals surface area contributed by atoms with Gasteiger partial charge in [0.1, 0.15) is 0 Å². The van der Waals surface area contributed by atoms with Crippen molar-refractivity contribution < 1.29 is 9.78 Å². The molecule has 2 nitrogen and oxygen atoms in total. The fourth-order valence-electron chi connectivity index (χ4n) is 0.877. The summed E-state index contributed by atoms with van der Waals surface area (Å²) >= 11 is 0. The molecule has 0 radical (unpaired) electrons. The third-order valence-corrected chi connectivity index (χ3v) is 1.51. The van der Waals surface area contributed by atoms with Crippen LogP contribution in [0.3, 0.4) is 0 Å². The average Bonchev–Trinajstić information content (AvgIpc) is 2.07. The third-order valence-electron chi connectivity index (χ3n) is 1.51. The normalized spacial score (nSPS) is 9.64. The molecular formula is C9H12O2. The molecule has 0 aliphatic carbocycles. The highest BCUT2D eigenvalue weighted by Gasteiger charge is 1.92. The third kappa shape index (κ3) is 2.24. The summed E-state index contributed by atoms with van der Waals surface area (Å²) in [5.74, 6) is 0.740. The molecule has 1 aromatic rings. The standard InChI is InChI=1S/C9H12O2/c1-3-8-4-6-9(7-5-8)11-10-2/h4-7H,3H2,1-2H3. The Kier molecular flexibility index (Phi) is 2.93. The molecule has 1 rings (SSSR count). The Balaban J connectivity index is 2.66. The van der Waals surface area contributed by atoms with E-state index in [2.05, 4.69) is 11.8 Å². The van der Waals surface area contributed by atoms with Gasteiger partial charge in [-0.15, -0.1) is 0 Å². The molecule has 1 aromatic carbocycles. The van der Waals surface area contributed by atoms with E-state index in [9.17, 15) is 0 Å². The van der Waals surface area contributed by atoms with Crippen molar-refractivity contribution in [2.24, 2.45) is 0 Å². The van der Waals surface area contributed by atoms with Crippen LogP contribution in [0, 0.1) is 0 Å². The number of rotatable bonds is 3. The highest BCUT2D eigenvalue weighted by Crippen LogP contribution is 2.11. The second-order valence-electron chi connectivity index (χ2n) is 2.25. The molecule has 0 unspecified atom stereocenters. The van der Waals surface area contributed by atoms with Crippen molar-refractivity contribution in [2.45, 2.75) is 13.3 Å². The molecule has 0 aromatic heterocycles. The fraction of sp³-hybridized carbons (Fsp3) is 0.333. The summed E-state index contributed by atoms with van der Waals surface area (Å²) in [6, 6.07) is 7.83. The maximum Gasteiger partial charge on any atom is 0.165 e. The van der Waals surface area contributed by atoms with E-state index in [-0.39, 0.29) is 0 Å². The Morgan fingerprint density at radius 3 is 2.27 bits per heavy atom. The zero-order valence-corrected chi connectivity index (χ0v) is 6.83. The van der Waals surface area contributed by atoms with Gasteiger partial charge in [0.2, 0.25) is 0 Å². The molecule has 0 aliphatic heterocycles. The molecule has 0 atom stereocenters. The molecule has 0 aliphatic rings.